The lowest BCUT2D eigenvalue weighted by atomic mass is 9.83. The van der Waals surface area contributed by atoms with Crippen molar-refractivity contribution in [1.29, 1.82) is 0 Å². The second-order valence-corrected chi connectivity index (χ2v) is 8.28. The first-order valence-electron chi connectivity index (χ1n) is 10.3. The topological polar surface area (TPSA) is 56.7 Å². The van der Waals surface area contributed by atoms with E-state index in [1.807, 2.05) is 42.4 Å². The second-order valence-electron chi connectivity index (χ2n) is 8.28. The summed E-state index contributed by atoms with van der Waals surface area (Å²) in [5, 5.41) is 9.90. The van der Waals surface area contributed by atoms with Gasteiger partial charge in [-0.05, 0) is 80.4 Å². The molecule has 28 heavy (non-hydrogen) atoms. The van der Waals surface area contributed by atoms with Crippen molar-refractivity contribution < 1.29 is 9.90 Å². The minimum atomic E-state index is 0.0480. The molecule has 0 aliphatic carbocycles. The molecule has 2 aliphatic heterocycles. The van der Waals surface area contributed by atoms with Crippen LogP contribution in [0.25, 0.3) is 0 Å². The summed E-state index contributed by atoms with van der Waals surface area (Å²) in [7, 11) is 0. The molecule has 2 aliphatic rings. The molecule has 2 saturated heterocycles. The first kappa shape index (κ1) is 18.9. The van der Waals surface area contributed by atoms with E-state index >= 15 is 0 Å². The van der Waals surface area contributed by atoms with Crippen molar-refractivity contribution in [3.8, 4) is 5.75 Å². The highest BCUT2D eigenvalue weighted by atomic mass is 16.3. The predicted octanol–water partition coefficient (Wildman–Crippen LogP) is 3.47. The summed E-state index contributed by atoms with van der Waals surface area (Å²) >= 11 is 0. The number of hydrogen-bond acceptors (Lipinski definition) is 4. The highest BCUT2D eigenvalue weighted by Gasteiger charge is 2.34. The Labute approximate surface area is 167 Å². The third-order valence-corrected chi connectivity index (χ3v) is 6.40. The number of likely N-dealkylation sites (tertiary alicyclic amines) is 2. The molecule has 0 spiro atoms. The normalized spacial score (nSPS) is 21.2. The smallest absolute Gasteiger partial charge is 0.253 e. The standard InChI is InChI=1S/C23H29N3O2/c1-17-4-5-20(13-22(17)27)23(28)26-12-8-21(16-26)19-6-10-25(11-7-19)15-18-3-2-9-24-14-18/h2-5,9,13-14,19,21,27H,6-8,10-12,15-16H2,1H3/t21-/m0/s1. The van der Waals surface area contributed by atoms with Crippen LogP contribution in [0.1, 0.15) is 40.7 Å². The zero-order valence-corrected chi connectivity index (χ0v) is 16.6. The van der Waals surface area contributed by atoms with Crippen LogP contribution in [-0.2, 0) is 6.54 Å². The highest BCUT2D eigenvalue weighted by molar-refractivity contribution is 5.94. The highest BCUT2D eigenvalue weighted by Crippen LogP contribution is 2.33. The molecule has 0 saturated carbocycles. The van der Waals surface area contributed by atoms with Gasteiger partial charge in [0.15, 0.2) is 0 Å². The van der Waals surface area contributed by atoms with Crippen molar-refractivity contribution in [2.24, 2.45) is 11.8 Å². The molecule has 0 bridgehead atoms. The Kier molecular flexibility index (Phi) is 5.62. The molecule has 4 rings (SSSR count). The lowest BCUT2D eigenvalue weighted by molar-refractivity contribution is 0.0772. The van der Waals surface area contributed by atoms with E-state index in [0.717, 1.165) is 44.7 Å². The van der Waals surface area contributed by atoms with Crippen molar-refractivity contribution in [1.82, 2.24) is 14.8 Å². The fourth-order valence-electron chi connectivity index (χ4n) is 4.61. The van der Waals surface area contributed by atoms with Gasteiger partial charge in [0.1, 0.15) is 5.75 Å². The maximum Gasteiger partial charge on any atom is 0.253 e. The van der Waals surface area contributed by atoms with E-state index in [1.54, 1.807) is 6.07 Å². The number of carbonyl (C=O) groups excluding carboxylic acids is 1. The molecular weight excluding hydrogens is 350 g/mol. The van der Waals surface area contributed by atoms with E-state index in [9.17, 15) is 9.90 Å². The Bertz CT molecular complexity index is 816. The zero-order chi connectivity index (χ0) is 19.5. The van der Waals surface area contributed by atoms with Gasteiger partial charge in [0.2, 0.25) is 0 Å². The van der Waals surface area contributed by atoms with Crippen LogP contribution in [0, 0.1) is 18.8 Å². The maximum absolute atomic E-state index is 12.8. The molecule has 1 N–H and O–H groups in total. The SMILES string of the molecule is Cc1ccc(C(=O)N2CC[C@H](C3CCN(Cc4cccnc4)CC3)C2)cc1O. The average Bonchev–Trinajstić information content (AvgIpc) is 3.21. The molecule has 2 fully saturated rings. The summed E-state index contributed by atoms with van der Waals surface area (Å²) in [4.78, 5) is 21.5. The number of pyridine rings is 1. The number of aromatic hydroxyl groups is 1. The molecule has 3 heterocycles. The predicted molar refractivity (Wildman–Crippen MR) is 109 cm³/mol. The Morgan fingerprint density at radius 1 is 1.14 bits per heavy atom. The Hall–Kier alpha value is -2.40. The number of aryl methyl sites for hydroxylation is 1. The van der Waals surface area contributed by atoms with Gasteiger partial charge in [-0.2, -0.15) is 0 Å². The first-order valence-corrected chi connectivity index (χ1v) is 10.3. The summed E-state index contributed by atoms with van der Waals surface area (Å²) < 4.78 is 0. The van der Waals surface area contributed by atoms with Gasteiger partial charge in [0.25, 0.3) is 5.91 Å². The number of aromatic nitrogens is 1. The van der Waals surface area contributed by atoms with Gasteiger partial charge in [0.05, 0.1) is 0 Å². The van der Waals surface area contributed by atoms with Gasteiger partial charge in [-0.15, -0.1) is 0 Å². The first-order chi connectivity index (χ1) is 13.6. The van der Waals surface area contributed by atoms with Crippen LogP contribution in [-0.4, -0.2) is 52.0 Å². The summed E-state index contributed by atoms with van der Waals surface area (Å²) in [5.41, 5.74) is 2.67. The fourth-order valence-corrected chi connectivity index (χ4v) is 4.61. The van der Waals surface area contributed by atoms with Crippen molar-refractivity contribution in [2.75, 3.05) is 26.2 Å². The number of nitrogens with zero attached hydrogens (tertiary/aromatic N) is 3. The van der Waals surface area contributed by atoms with Crippen molar-refractivity contribution in [3.05, 3.63) is 59.4 Å². The van der Waals surface area contributed by atoms with Crippen LogP contribution in [0.2, 0.25) is 0 Å². The number of piperidine rings is 1. The van der Waals surface area contributed by atoms with E-state index in [4.69, 9.17) is 0 Å². The van der Waals surface area contributed by atoms with Gasteiger partial charge in [-0.1, -0.05) is 12.1 Å². The van der Waals surface area contributed by atoms with Gasteiger partial charge in [-0.25, -0.2) is 0 Å². The van der Waals surface area contributed by atoms with Crippen LogP contribution in [0.5, 0.6) is 5.75 Å². The third-order valence-electron chi connectivity index (χ3n) is 6.40. The number of rotatable bonds is 4. The summed E-state index contributed by atoms with van der Waals surface area (Å²) in [6.07, 6.45) is 7.28. The Morgan fingerprint density at radius 3 is 2.64 bits per heavy atom. The van der Waals surface area contributed by atoms with Crippen molar-refractivity contribution in [3.63, 3.8) is 0 Å². The second kappa shape index (κ2) is 8.31. The number of amides is 1. The van der Waals surface area contributed by atoms with Crippen LogP contribution in [0.4, 0.5) is 0 Å². The molecule has 5 heteroatoms. The number of phenolic OH excluding ortho intramolecular Hbond substituents is 1. The largest absolute Gasteiger partial charge is 0.508 e. The zero-order valence-electron chi connectivity index (χ0n) is 16.6. The fraction of sp³-hybridized carbons (Fsp3) is 0.478. The van der Waals surface area contributed by atoms with Gasteiger partial charge < -0.3 is 10.0 Å². The monoisotopic (exact) mass is 379 g/mol. The number of hydrogen-bond donors (Lipinski definition) is 1. The van der Waals surface area contributed by atoms with Gasteiger partial charge >= 0.3 is 0 Å². The lowest BCUT2D eigenvalue weighted by Gasteiger charge is -2.34. The minimum absolute atomic E-state index is 0.0480. The van der Waals surface area contributed by atoms with Crippen LogP contribution < -0.4 is 0 Å². The summed E-state index contributed by atoms with van der Waals surface area (Å²) in [6, 6.07) is 9.38. The van der Waals surface area contributed by atoms with E-state index in [-0.39, 0.29) is 11.7 Å². The Morgan fingerprint density at radius 2 is 1.93 bits per heavy atom. The van der Waals surface area contributed by atoms with Crippen molar-refractivity contribution >= 4 is 5.91 Å². The molecule has 0 radical (unpaired) electrons. The van der Waals surface area contributed by atoms with Crippen LogP contribution in [0.3, 0.4) is 0 Å². The van der Waals surface area contributed by atoms with E-state index < -0.39 is 0 Å². The van der Waals surface area contributed by atoms with Gasteiger partial charge in [0, 0.05) is 37.6 Å². The number of phenols is 1. The van der Waals surface area contributed by atoms with E-state index in [0.29, 0.717) is 17.4 Å². The lowest BCUT2D eigenvalue weighted by Crippen LogP contribution is -2.37. The average molecular weight is 380 g/mol. The Balaban J connectivity index is 1.29. The maximum atomic E-state index is 12.8. The molecule has 1 atom stereocenters. The molecule has 1 aromatic heterocycles. The quantitative estimate of drug-likeness (QED) is 0.884. The van der Waals surface area contributed by atoms with E-state index in [1.165, 1.54) is 18.4 Å². The van der Waals surface area contributed by atoms with Crippen molar-refractivity contribution in [2.45, 2.75) is 32.7 Å². The third kappa shape index (κ3) is 4.20. The molecule has 5 nitrogen and oxygen atoms in total. The molecule has 1 aromatic carbocycles. The van der Waals surface area contributed by atoms with Crippen LogP contribution in [0.15, 0.2) is 42.7 Å². The molecular formula is C23H29N3O2. The number of carbonyl (C=O) groups is 1. The number of benzene rings is 1. The van der Waals surface area contributed by atoms with E-state index in [2.05, 4.69) is 16.0 Å². The van der Waals surface area contributed by atoms with Gasteiger partial charge in [-0.3, -0.25) is 14.7 Å². The molecule has 148 valence electrons. The molecule has 0 unspecified atom stereocenters. The summed E-state index contributed by atoms with van der Waals surface area (Å²) in [5.74, 6) is 1.55. The van der Waals surface area contributed by atoms with Crippen LogP contribution >= 0.6 is 0 Å². The molecule has 1 amide bonds. The molecule has 2 aromatic rings. The summed E-state index contributed by atoms with van der Waals surface area (Å²) in [6.45, 7) is 6.74. The minimum Gasteiger partial charge on any atom is -0.508 e.